The smallest absolute Gasteiger partial charge is 0.229 e. The van der Waals surface area contributed by atoms with Crippen LogP contribution in [0.5, 0.6) is 5.75 Å². The molecule has 0 bridgehead atoms. The first-order valence-electron chi connectivity index (χ1n) is 13.4. The molecule has 3 aromatic rings. The number of nitrogens with one attached hydrogen (secondary N) is 1. The predicted octanol–water partition coefficient (Wildman–Crippen LogP) is 3.40. The van der Waals surface area contributed by atoms with E-state index in [0.717, 1.165) is 53.4 Å². The minimum atomic E-state index is 0.201. The molecule has 37 heavy (non-hydrogen) atoms. The van der Waals surface area contributed by atoms with Gasteiger partial charge in [-0.3, -0.25) is 0 Å². The summed E-state index contributed by atoms with van der Waals surface area (Å²) < 4.78 is 17.0. The highest BCUT2D eigenvalue weighted by Gasteiger charge is 2.27. The molecule has 196 valence electrons. The average molecular weight is 505 g/mol. The number of anilines is 2. The molecule has 2 aromatic heterocycles. The lowest BCUT2D eigenvalue weighted by molar-refractivity contribution is 0.0973. The number of methoxy groups -OCH3 is 1. The Morgan fingerprint density at radius 1 is 0.946 bits per heavy atom. The van der Waals surface area contributed by atoms with Crippen LogP contribution in [0.4, 0.5) is 11.8 Å². The molecule has 4 heterocycles. The molecule has 0 spiro atoms. The lowest BCUT2D eigenvalue weighted by Gasteiger charge is -2.37. The summed E-state index contributed by atoms with van der Waals surface area (Å²) >= 11 is 0. The zero-order valence-corrected chi connectivity index (χ0v) is 21.9. The summed E-state index contributed by atoms with van der Waals surface area (Å²) in [5.41, 5.74) is 3.80. The van der Waals surface area contributed by atoms with Gasteiger partial charge in [0, 0.05) is 36.8 Å². The minimum absolute atomic E-state index is 0.201. The van der Waals surface area contributed by atoms with Gasteiger partial charge in [0.25, 0.3) is 0 Å². The molecular formula is C28H36N6O3. The molecule has 1 aliphatic carbocycles. The highest BCUT2D eigenvalue weighted by molar-refractivity contribution is 5.90. The number of hydrogen-bond acceptors (Lipinski definition) is 9. The number of pyridine rings is 1. The number of benzene rings is 1. The summed E-state index contributed by atoms with van der Waals surface area (Å²) in [6.45, 7) is 9.40. The number of rotatable bonds is 7. The Bertz CT molecular complexity index is 1270. The Labute approximate surface area is 218 Å². The van der Waals surface area contributed by atoms with E-state index in [0.29, 0.717) is 44.1 Å². The summed E-state index contributed by atoms with van der Waals surface area (Å²) in [7, 11) is 1.73. The summed E-state index contributed by atoms with van der Waals surface area (Å²) in [6, 6.07) is 11.5. The molecule has 0 amide bonds. The molecule has 3 aliphatic rings. The van der Waals surface area contributed by atoms with Crippen LogP contribution in [0.25, 0.3) is 22.3 Å². The van der Waals surface area contributed by atoms with Gasteiger partial charge in [0.15, 0.2) is 5.65 Å². The van der Waals surface area contributed by atoms with Crippen molar-refractivity contribution in [3.05, 3.63) is 35.9 Å². The summed E-state index contributed by atoms with van der Waals surface area (Å²) in [5, 5.41) is 4.56. The van der Waals surface area contributed by atoms with Gasteiger partial charge in [-0.15, -0.1) is 0 Å². The quantitative estimate of drug-likeness (QED) is 0.520. The van der Waals surface area contributed by atoms with Crippen LogP contribution in [-0.4, -0.2) is 79.7 Å². The first-order chi connectivity index (χ1) is 18.1. The molecule has 6 rings (SSSR count). The second kappa shape index (κ2) is 10.4. The van der Waals surface area contributed by atoms with Crippen LogP contribution in [0.3, 0.4) is 0 Å². The maximum atomic E-state index is 5.71. The van der Waals surface area contributed by atoms with E-state index in [1.54, 1.807) is 7.11 Å². The molecule has 0 radical (unpaired) electrons. The molecule has 1 unspecified atom stereocenters. The van der Waals surface area contributed by atoms with Crippen molar-refractivity contribution in [2.45, 2.75) is 51.4 Å². The van der Waals surface area contributed by atoms with Crippen molar-refractivity contribution in [1.29, 1.82) is 0 Å². The number of ether oxygens (including phenoxy) is 3. The van der Waals surface area contributed by atoms with Crippen molar-refractivity contribution >= 4 is 22.8 Å². The van der Waals surface area contributed by atoms with Crippen LogP contribution in [0.15, 0.2) is 30.3 Å². The molecule has 1 saturated carbocycles. The van der Waals surface area contributed by atoms with E-state index in [-0.39, 0.29) is 12.1 Å². The molecular weight excluding hydrogens is 468 g/mol. The van der Waals surface area contributed by atoms with E-state index in [4.69, 9.17) is 29.2 Å². The molecule has 9 heteroatoms. The molecule has 1 aromatic carbocycles. The Morgan fingerprint density at radius 3 is 2.41 bits per heavy atom. The Morgan fingerprint density at radius 2 is 1.70 bits per heavy atom. The first kappa shape index (κ1) is 24.3. The van der Waals surface area contributed by atoms with Crippen LogP contribution in [-0.2, 0) is 16.0 Å². The molecule has 2 aliphatic heterocycles. The minimum Gasteiger partial charge on any atom is -0.496 e. The molecule has 2 atom stereocenters. The molecule has 9 nitrogen and oxygen atoms in total. The Hall–Kier alpha value is -3.01. The van der Waals surface area contributed by atoms with E-state index >= 15 is 0 Å². The van der Waals surface area contributed by atoms with Gasteiger partial charge in [0.05, 0.1) is 56.7 Å². The summed E-state index contributed by atoms with van der Waals surface area (Å²) in [6.07, 6.45) is 2.50. The molecule has 1 N–H and O–H groups in total. The fourth-order valence-electron chi connectivity index (χ4n) is 5.17. The fraction of sp³-hybridized carbons (Fsp3) is 0.536. The van der Waals surface area contributed by atoms with Gasteiger partial charge in [-0.2, -0.15) is 9.97 Å². The first-order valence-corrected chi connectivity index (χ1v) is 13.4. The maximum Gasteiger partial charge on any atom is 0.229 e. The van der Waals surface area contributed by atoms with Gasteiger partial charge in [0.1, 0.15) is 11.6 Å². The highest BCUT2D eigenvalue weighted by Crippen LogP contribution is 2.32. The highest BCUT2D eigenvalue weighted by atomic mass is 16.5. The lowest BCUT2D eigenvalue weighted by Crippen LogP contribution is -2.46. The summed E-state index contributed by atoms with van der Waals surface area (Å²) in [4.78, 5) is 19.7. The van der Waals surface area contributed by atoms with E-state index < -0.39 is 0 Å². The van der Waals surface area contributed by atoms with Crippen LogP contribution in [0.1, 0.15) is 32.3 Å². The third kappa shape index (κ3) is 5.08. The normalized spacial score (nSPS) is 22.5. The van der Waals surface area contributed by atoms with E-state index in [1.807, 2.05) is 6.07 Å². The van der Waals surface area contributed by atoms with Crippen LogP contribution in [0.2, 0.25) is 0 Å². The van der Waals surface area contributed by atoms with Gasteiger partial charge in [-0.1, -0.05) is 0 Å². The van der Waals surface area contributed by atoms with Gasteiger partial charge in [-0.25, -0.2) is 4.98 Å². The SMILES string of the molecule is COc1ccc(-c2ccc3c(N4CCOCC4C)nc(N4CCOC[C@@H]4C)nc3n2)cc1CNC1CC1. The second-order valence-corrected chi connectivity index (χ2v) is 10.3. The van der Waals surface area contributed by atoms with Crippen LogP contribution < -0.4 is 19.9 Å². The summed E-state index contributed by atoms with van der Waals surface area (Å²) in [5.74, 6) is 2.54. The predicted molar refractivity (Wildman–Crippen MR) is 144 cm³/mol. The van der Waals surface area contributed by atoms with Gasteiger partial charge >= 0.3 is 0 Å². The topological polar surface area (TPSA) is 84.9 Å². The number of hydrogen-bond donors (Lipinski definition) is 1. The van der Waals surface area contributed by atoms with Gasteiger partial charge < -0.3 is 29.3 Å². The average Bonchev–Trinajstić information content (AvgIpc) is 3.76. The molecule has 3 fully saturated rings. The van der Waals surface area contributed by atoms with Crippen molar-refractivity contribution in [1.82, 2.24) is 20.3 Å². The van der Waals surface area contributed by atoms with E-state index in [1.165, 1.54) is 12.8 Å². The van der Waals surface area contributed by atoms with Crippen LogP contribution in [0, 0.1) is 0 Å². The third-order valence-corrected chi connectivity index (χ3v) is 7.53. The zero-order chi connectivity index (χ0) is 25.4. The van der Waals surface area contributed by atoms with Gasteiger partial charge in [0.2, 0.25) is 5.95 Å². The standard InChI is InChI=1S/C28H36N6O3/c1-18-16-36-12-10-33(18)27-23-7-8-24(20-4-9-25(35-3)21(14-20)15-29-22-5-6-22)30-26(23)31-28(32-27)34-11-13-37-17-19(34)2/h4,7-9,14,18-19,22,29H,5-6,10-13,15-17H2,1-3H3/t18?,19-/m0/s1. The van der Waals surface area contributed by atoms with E-state index in [2.05, 4.69) is 53.2 Å². The maximum absolute atomic E-state index is 5.71. The van der Waals surface area contributed by atoms with E-state index in [9.17, 15) is 0 Å². The van der Waals surface area contributed by atoms with Crippen molar-refractivity contribution < 1.29 is 14.2 Å². The fourth-order valence-corrected chi connectivity index (χ4v) is 5.17. The number of nitrogens with zero attached hydrogens (tertiary/aromatic N) is 5. The van der Waals surface area contributed by atoms with Crippen LogP contribution >= 0.6 is 0 Å². The third-order valence-electron chi connectivity index (χ3n) is 7.53. The lowest BCUT2D eigenvalue weighted by atomic mass is 10.1. The zero-order valence-electron chi connectivity index (χ0n) is 21.9. The Kier molecular flexibility index (Phi) is 6.84. The number of aromatic nitrogens is 3. The monoisotopic (exact) mass is 504 g/mol. The Balaban J connectivity index is 1.42. The van der Waals surface area contributed by atoms with Gasteiger partial charge in [-0.05, 0) is 57.0 Å². The van der Waals surface area contributed by atoms with Crippen molar-refractivity contribution in [3.8, 4) is 17.0 Å². The largest absolute Gasteiger partial charge is 0.496 e. The van der Waals surface area contributed by atoms with Crippen molar-refractivity contribution in [2.24, 2.45) is 0 Å². The molecule has 2 saturated heterocycles. The second-order valence-electron chi connectivity index (χ2n) is 10.3. The number of morpholine rings is 2. The van der Waals surface area contributed by atoms with Crippen molar-refractivity contribution in [2.75, 3.05) is 56.4 Å². The number of fused-ring (bicyclic) bond motifs is 1. The van der Waals surface area contributed by atoms with Crippen molar-refractivity contribution in [3.63, 3.8) is 0 Å².